The van der Waals surface area contributed by atoms with Gasteiger partial charge in [-0.1, -0.05) is 0 Å². The van der Waals surface area contributed by atoms with Crippen molar-refractivity contribution in [1.82, 2.24) is 19.7 Å². The van der Waals surface area contributed by atoms with Gasteiger partial charge in [-0.15, -0.1) is 0 Å². The Morgan fingerprint density at radius 3 is 2.59 bits per heavy atom. The molecule has 2 fully saturated rings. The van der Waals surface area contributed by atoms with Gasteiger partial charge in [0.1, 0.15) is 11.9 Å². The molecular weight excluding hydrogens is 342 g/mol. The van der Waals surface area contributed by atoms with Crippen molar-refractivity contribution in [1.29, 1.82) is 5.26 Å². The average molecular weight is 365 g/mol. The number of anilines is 2. The van der Waals surface area contributed by atoms with E-state index in [9.17, 15) is 4.79 Å². The standard InChI is InChI=1S/C19H23N7O/c1-23-14-16(13-22-23)26-6-2-3-17(19(26)27)24-7-9-25(10-8-24)18-5-4-15(11-20)12-21-18/h4-5,12-14,17H,2-3,6-10H2,1H3/t17-/m1/s1. The second-order valence-electron chi connectivity index (χ2n) is 7.06. The smallest absolute Gasteiger partial charge is 0.244 e. The molecule has 8 nitrogen and oxygen atoms in total. The van der Waals surface area contributed by atoms with Crippen LogP contribution in [0.25, 0.3) is 0 Å². The van der Waals surface area contributed by atoms with Gasteiger partial charge in [0.05, 0.1) is 23.5 Å². The summed E-state index contributed by atoms with van der Waals surface area (Å²) in [6.07, 6.45) is 7.18. The molecule has 140 valence electrons. The lowest BCUT2D eigenvalue weighted by molar-refractivity contribution is -0.125. The summed E-state index contributed by atoms with van der Waals surface area (Å²) < 4.78 is 1.73. The van der Waals surface area contributed by atoms with Crippen LogP contribution in [0.5, 0.6) is 0 Å². The average Bonchev–Trinajstić information content (AvgIpc) is 3.14. The summed E-state index contributed by atoms with van der Waals surface area (Å²) >= 11 is 0. The monoisotopic (exact) mass is 365 g/mol. The van der Waals surface area contributed by atoms with Crippen molar-refractivity contribution in [2.75, 3.05) is 42.5 Å². The second kappa shape index (κ2) is 7.37. The molecule has 2 saturated heterocycles. The van der Waals surface area contributed by atoms with Crippen molar-refractivity contribution in [2.24, 2.45) is 7.05 Å². The predicted octanol–water partition coefficient (Wildman–Crippen LogP) is 1.00. The number of piperazine rings is 1. The minimum Gasteiger partial charge on any atom is -0.354 e. The highest BCUT2D eigenvalue weighted by molar-refractivity contribution is 5.97. The fraction of sp³-hybridized carbons (Fsp3) is 0.474. The van der Waals surface area contributed by atoms with Gasteiger partial charge in [0.2, 0.25) is 5.91 Å². The Labute approximate surface area is 158 Å². The zero-order valence-corrected chi connectivity index (χ0v) is 15.5. The van der Waals surface area contributed by atoms with E-state index in [0.29, 0.717) is 5.56 Å². The molecule has 0 saturated carbocycles. The molecule has 0 N–H and O–H groups in total. The first-order valence-electron chi connectivity index (χ1n) is 9.31. The van der Waals surface area contributed by atoms with Gasteiger partial charge >= 0.3 is 0 Å². The number of aromatic nitrogens is 3. The minimum atomic E-state index is -0.0602. The zero-order valence-electron chi connectivity index (χ0n) is 15.5. The van der Waals surface area contributed by atoms with Gasteiger partial charge in [-0.3, -0.25) is 14.4 Å². The highest BCUT2D eigenvalue weighted by Crippen LogP contribution is 2.25. The first-order chi connectivity index (χ1) is 13.2. The summed E-state index contributed by atoms with van der Waals surface area (Å²) in [6.45, 7) is 4.08. The van der Waals surface area contributed by atoms with Crippen molar-refractivity contribution in [3.8, 4) is 6.07 Å². The first kappa shape index (κ1) is 17.5. The molecule has 0 aliphatic carbocycles. The number of amides is 1. The lowest BCUT2D eigenvalue weighted by Gasteiger charge is -2.42. The Hall–Kier alpha value is -2.92. The molecule has 0 radical (unpaired) electrons. The molecule has 0 unspecified atom stereocenters. The lowest BCUT2D eigenvalue weighted by Crippen LogP contribution is -2.58. The molecule has 1 atom stereocenters. The highest BCUT2D eigenvalue weighted by atomic mass is 16.2. The first-order valence-corrected chi connectivity index (χ1v) is 9.31. The Morgan fingerprint density at radius 2 is 1.96 bits per heavy atom. The molecule has 4 rings (SSSR count). The maximum absolute atomic E-state index is 13.0. The molecule has 27 heavy (non-hydrogen) atoms. The van der Waals surface area contributed by atoms with E-state index in [0.717, 1.165) is 57.1 Å². The predicted molar refractivity (Wildman–Crippen MR) is 101 cm³/mol. The maximum atomic E-state index is 13.0. The highest BCUT2D eigenvalue weighted by Gasteiger charge is 2.35. The number of hydrogen-bond acceptors (Lipinski definition) is 6. The van der Waals surface area contributed by atoms with Crippen molar-refractivity contribution in [2.45, 2.75) is 18.9 Å². The van der Waals surface area contributed by atoms with Crippen LogP contribution in [-0.2, 0) is 11.8 Å². The van der Waals surface area contributed by atoms with Crippen LogP contribution in [0.4, 0.5) is 11.5 Å². The van der Waals surface area contributed by atoms with E-state index in [1.807, 2.05) is 24.2 Å². The zero-order chi connectivity index (χ0) is 18.8. The molecule has 0 spiro atoms. The number of nitrogens with zero attached hydrogens (tertiary/aromatic N) is 7. The van der Waals surface area contributed by atoms with Gasteiger partial charge in [-0.2, -0.15) is 10.4 Å². The Bertz CT molecular complexity index is 846. The Morgan fingerprint density at radius 1 is 1.15 bits per heavy atom. The number of aryl methyl sites for hydroxylation is 1. The molecule has 0 aromatic carbocycles. The summed E-state index contributed by atoms with van der Waals surface area (Å²) in [4.78, 5) is 23.8. The van der Waals surface area contributed by atoms with Crippen LogP contribution >= 0.6 is 0 Å². The summed E-state index contributed by atoms with van der Waals surface area (Å²) in [5, 5.41) is 13.1. The van der Waals surface area contributed by atoms with E-state index in [1.165, 1.54) is 0 Å². The van der Waals surface area contributed by atoms with E-state index >= 15 is 0 Å². The quantitative estimate of drug-likeness (QED) is 0.807. The lowest BCUT2D eigenvalue weighted by atomic mass is 10.0. The minimum absolute atomic E-state index is 0.0602. The number of carbonyl (C=O) groups excluding carboxylic acids is 1. The van der Waals surface area contributed by atoms with Crippen molar-refractivity contribution >= 4 is 17.4 Å². The van der Waals surface area contributed by atoms with Crippen LogP contribution in [0.15, 0.2) is 30.7 Å². The summed E-state index contributed by atoms with van der Waals surface area (Å²) in [6, 6.07) is 5.72. The topological polar surface area (TPSA) is 81.3 Å². The van der Waals surface area contributed by atoms with E-state index < -0.39 is 0 Å². The SMILES string of the molecule is Cn1cc(N2CCC[C@@H](N3CCN(c4ccc(C#N)cn4)CC3)C2=O)cn1. The van der Waals surface area contributed by atoms with E-state index in [1.54, 1.807) is 23.1 Å². The molecule has 2 aliphatic heterocycles. The van der Waals surface area contributed by atoms with Gasteiger partial charge in [0, 0.05) is 52.2 Å². The largest absolute Gasteiger partial charge is 0.354 e. The molecule has 4 heterocycles. The fourth-order valence-corrected chi connectivity index (χ4v) is 3.90. The molecule has 2 aliphatic rings. The van der Waals surface area contributed by atoms with Gasteiger partial charge in [0.25, 0.3) is 0 Å². The third kappa shape index (κ3) is 3.51. The van der Waals surface area contributed by atoms with Crippen molar-refractivity contribution < 1.29 is 4.79 Å². The molecule has 0 bridgehead atoms. The summed E-state index contributed by atoms with van der Waals surface area (Å²) in [5.74, 6) is 1.07. The van der Waals surface area contributed by atoms with Crippen molar-refractivity contribution in [3.63, 3.8) is 0 Å². The van der Waals surface area contributed by atoms with Crippen molar-refractivity contribution in [3.05, 3.63) is 36.3 Å². The number of nitriles is 1. The van der Waals surface area contributed by atoms with E-state index in [4.69, 9.17) is 5.26 Å². The van der Waals surface area contributed by atoms with Crippen LogP contribution in [0.3, 0.4) is 0 Å². The van der Waals surface area contributed by atoms with E-state index in [-0.39, 0.29) is 11.9 Å². The second-order valence-corrected chi connectivity index (χ2v) is 7.06. The number of piperidine rings is 1. The number of pyridine rings is 1. The van der Waals surface area contributed by atoms with Crippen LogP contribution in [0, 0.1) is 11.3 Å². The number of carbonyl (C=O) groups is 1. The Kier molecular flexibility index (Phi) is 4.77. The third-order valence-corrected chi connectivity index (χ3v) is 5.37. The summed E-state index contributed by atoms with van der Waals surface area (Å²) in [5.41, 5.74) is 1.45. The van der Waals surface area contributed by atoms with Crippen LogP contribution in [-0.4, -0.2) is 64.3 Å². The number of rotatable bonds is 3. The molecule has 8 heteroatoms. The normalized spacial score (nSPS) is 21.3. The molecule has 1 amide bonds. The molecule has 2 aromatic rings. The van der Waals surface area contributed by atoms with Crippen LogP contribution in [0.2, 0.25) is 0 Å². The Balaban J connectivity index is 1.40. The van der Waals surface area contributed by atoms with Crippen LogP contribution in [0.1, 0.15) is 18.4 Å². The molecule has 2 aromatic heterocycles. The van der Waals surface area contributed by atoms with Gasteiger partial charge in [-0.25, -0.2) is 4.98 Å². The molecular formula is C19H23N7O. The third-order valence-electron chi connectivity index (χ3n) is 5.37. The van der Waals surface area contributed by atoms with Gasteiger partial charge < -0.3 is 9.80 Å². The van der Waals surface area contributed by atoms with E-state index in [2.05, 4.69) is 26.0 Å². The summed E-state index contributed by atoms with van der Waals surface area (Å²) in [7, 11) is 1.87. The van der Waals surface area contributed by atoms with Crippen LogP contribution < -0.4 is 9.80 Å². The van der Waals surface area contributed by atoms with Gasteiger partial charge in [-0.05, 0) is 25.0 Å². The van der Waals surface area contributed by atoms with Gasteiger partial charge in [0.15, 0.2) is 0 Å². The fourth-order valence-electron chi connectivity index (χ4n) is 3.90. The number of hydrogen-bond donors (Lipinski definition) is 0. The maximum Gasteiger partial charge on any atom is 0.244 e.